The number of anilines is 1. The first-order chi connectivity index (χ1) is 9.63. The highest BCUT2D eigenvalue weighted by molar-refractivity contribution is 9.10. The first-order valence-electron chi connectivity index (χ1n) is 6.15. The Labute approximate surface area is 132 Å². The van der Waals surface area contributed by atoms with Crippen LogP contribution in [0.1, 0.15) is 17.0 Å². The lowest BCUT2D eigenvalue weighted by atomic mass is 10.2. The topological polar surface area (TPSA) is 84.2 Å². The number of sulfonamides is 1. The van der Waals surface area contributed by atoms with Crippen molar-refractivity contribution in [3.05, 3.63) is 33.6 Å². The minimum atomic E-state index is -3.82. The lowest BCUT2D eigenvalue weighted by Crippen LogP contribution is -2.15. The summed E-state index contributed by atoms with van der Waals surface area (Å²) in [4.78, 5) is 0.127. The Morgan fingerprint density at radius 1 is 1.29 bits per heavy atom. The van der Waals surface area contributed by atoms with Gasteiger partial charge < -0.3 is 5.11 Å². The number of aromatic hydroxyl groups is 1. The molecule has 8 heteroatoms. The van der Waals surface area contributed by atoms with Crippen molar-refractivity contribution in [1.29, 1.82) is 0 Å². The molecule has 0 fully saturated rings. The van der Waals surface area contributed by atoms with Gasteiger partial charge in [0.05, 0.1) is 21.5 Å². The number of nitrogens with one attached hydrogen (secondary N) is 1. The fraction of sp³-hybridized carbons (Fsp3) is 0.308. The van der Waals surface area contributed by atoms with Crippen molar-refractivity contribution in [3.8, 4) is 5.75 Å². The Morgan fingerprint density at radius 2 is 1.90 bits per heavy atom. The largest absolute Gasteiger partial charge is 0.505 e. The molecule has 2 aromatic rings. The summed E-state index contributed by atoms with van der Waals surface area (Å²) in [6.07, 6.45) is 0. The first kappa shape index (κ1) is 15.8. The number of phenolic OH excluding ortho intramolecular Hbond substituents is 1. The van der Waals surface area contributed by atoms with E-state index >= 15 is 0 Å². The third kappa shape index (κ3) is 2.91. The van der Waals surface area contributed by atoms with Crippen LogP contribution in [0.15, 0.2) is 21.5 Å². The van der Waals surface area contributed by atoms with Crippen LogP contribution in [-0.4, -0.2) is 23.3 Å². The molecule has 1 heterocycles. The second kappa shape index (κ2) is 5.34. The number of rotatable bonds is 3. The molecular formula is C13H16BrN3O3S. The number of hydrogen-bond acceptors (Lipinski definition) is 4. The van der Waals surface area contributed by atoms with Gasteiger partial charge in [-0.2, -0.15) is 5.10 Å². The summed E-state index contributed by atoms with van der Waals surface area (Å²) in [6, 6.07) is 3.27. The van der Waals surface area contributed by atoms with Gasteiger partial charge in [0.1, 0.15) is 4.90 Å². The van der Waals surface area contributed by atoms with Crippen molar-refractivity contribution in [1.82, 2.24) is 9.78 Å². The molecule has 2 rings (SSSR count). The van der Waals surface area contributed by atoms with Crippen molar-refractivity contribution in [2.75, 3.05) is 4.72 Å². The average molecular weight is 374 g/mol. The molecule has 6 nitrogen and oxygen atoms in total. The van der Waals surface area contributed by atoms with Gasteiger partial charge in [0.2, 0.25) is 0 Å². The molecule has 0 unspecified atom stereocenters. The van der Waals surface area contributed by atoms with E-state index in [0.29, 0.717) is 15.9 Å². The summed E-state index contributed by atoms with van der Waals surface area (Å²) in [7, 11) is -2.14. The fourth-order valence-corrected chi connectivity index (χ4v) is 4.22. The van der Waals surface area contributed by atoms with Crippen molar-refractivity contribution in [2.45, 2.75) is 25.7 Å². The maximum Gasteiger partial charge on any atom is 0.265 e. The zero-order valence-corrected chi connectivity index (χ0v) is 14.5. The summed E-state index contributed by atoms with van der Waals surface area (Å²) in [5.41, 5.74) is 1.89. The molecule has 0 amide bonds. The van der Waals surface area contributed by atoms with Gasteiger partial charge in [-0.1, -0.05) is 0 Å². The molecule has 0 radical (unpaired) electrons. The highest BCUT2D eigenvalue weighted by atomic mass is 79.9. The highest BCUT2D eigenvalue weighted by Crippen LogP contribution is 2.35. The van der Waals surface area contributed by atoms with Crippen LogP contribution in [0.3, 0.4) is 0 Å². The smallest absolute Gasteiger partial charge is 0.265 e. The molecule has 0 atom stereocenters. The van der Waals surface area contributed by atoms with Crippen LogP contribution < -0.4 is 4.72 Å². The van der Waals surface area contributed by atoms with E-state index in [1.165, 1.54) is 4.68 Å². The van der Waals surface area contributed by atoms with Gasteiger partial charge in [-0.05, 0) is 54.4 Å². The normalized spacial score (nSPS) is 11.7. The minimum Gasteiger partial charge on any atom is -0.505 e. The summed E-state index contributed by atoms with van der Waals surface area (Å²) >= 11 is 3.19. The van der Waals surface area contributed by atoms with E-state index in [9.17, 15) is 13.5 Å². The molecule has 0 saturated carbocycles. The van der Waals surface area contributed by atoms with Crippen LogP contribution >= 0.6 is 15.9 Å². The van der Waals surface area contributed by atoms with Gasteiger partial charge in [-0.25, -0.2) is 8.42 Å². The fourth-order valence-electron chi connectivity index (χ4n) is 2.15. The van der Waals surface area contributed by atoms with E-state index in [0.717, 1.165) is 5.56 Å². The monoisotopic (exact) mass is 373 g/mol. The standard InChI is InChI=1S/C13H16BrN3O3S/c1-7-5-10(14)12(18)11(6-7)16-21(19,20)13-8(2)15-17(4)9(13)3/h5-6,16,18H,1-4H3. The molecule has 0 aliphatic heterocycles. The van der Waals surface area contributed by atoms with Gasteiger partial charge in [-0.3, -0.25) is 9.40 Å². The highest BCUT2D eigenvalue weighted by Gasteiger charge is 2.25. The summed E-state index contributed by atoms with van der Waals surface area (Å²) < 4.78 is 29.4. The van der Waals surface area contributed by atoms with E-state index in [1.54, 1.807) is 33.0 Å². The predicted molar refractivity (Wildman–Crippen MR) is 84.0 cm³/mol. The molecule has 0 bridgehead atoms. The van der Waals surface area contributed by atoms with Crippen molar-refractivity contribution < 1.29 is 13.5 Å². The van der Waals surface area contributed by atoms with Gasteiger partial charge in [0, 0.05) is 7.05 Å². The van der Waals surface area contributed by atoms with Gasteiger partial charge in [-0.15, -0.1) is 0 Å². The molecular weight excluding hydrogens is 358 g/mol. The maximum absolute atomic E-state index is 12.5. The Bertz CT molecular complexity index is 813. The van der Waals surface area contributed by atoms with E-state index in [2.05, 4.69) is 25.8 Å². The zero-order valence-electron chi connectivity index (χ0n) is 12.1. The number of aryl methyl sites for hydroxylation is 3. The molecule has 0 aliphatic carbocycles. The molecule has 0 aliphatic rings. The molecule has 0 saturated heterocycles. The molecule has 114 valence electrons. The van der Waals surface area contributed by atoms with Crippen LogP contribution in [-0.2, 0) is 17.1 Å². The van der Waals surface area contributed by atoms with Gasteiger partial charge in [0.15, 0.2) is 5.75 Å². The minimum absolute atomic E-state index is 0.127. The summed E-state index contributed by atoms with van der Waals surface area (Å²) in [5.74, 6) is -0.150. The Morgan fingerprint density at radius 3 is 2.43 bits per heavy atom. The molecule has 2 N–H and O–H groups in total. The number of hydrogen-bond donors (Lipinski definition) is 2. The van der Waals surface area contributed by atoms with Crippen molar-refractivity contribution in [3.63, 3.8) is 0 Å². The van der Waals surface area contributed by atoms with E-state index < -0.39 is 10.0 Å². The predicted octanol–water partition coefficient (Wildman–Crippen LogP) is 2.61. The van der Waals surface area contributed by atoms with Crippen LogP contribution in [0.2, 0.25) is 0 Å². The summed E-state index contributed by atoms with van der Waals surface area (Å²) in [6.45, 7) is 5.12. The third-order valence-corrected chi connectivity index (χ3v) is 5.38. The Hall–Kier alpha value is -1.54. The Kier molecular flexibility index (Phi) is 4.03. The third-order valence-electron chi connectivity index (χ3n) is 3.16. The second-order valence-corrected chi connectivity index (χ2v) is 7.35. The maximum atomic E-state index is 12.5. The number of benzene rings is 1. The van der Waals surface area contributed by atoms with Crippen molar-refractivity contribution >= 4 is 31.6 Å². The molecule has 1 aromatic carbocycles. The van der Waals surface area contributed by atoms with Gasteiger partial charge >= 0.3 is 0 Å². The molecule has 1 aromatic heterocycles. The van der Waals surface area contributed by atoms with Crippen LogP contribution in [0.25, 0.3) is 0 Å². The number of phenols is 1. The SMILES string of the molecule is Cc1cc(Br)c(O)c(NS(=O)(=O)c2c(C)nn(C)c2C)c1. The lowest BCUT2D eigenvalue weighted by Gasteiger charge is -2.12. The molecule has 0 spiro atoms. The lowest BCUT2D eigenvalue weighted by molar-refractivity contribution is 0.474. The summed E-state index contributed by atoms with van der Waals surface area (Å²) in [5, 5.41) is 14.1. The van der Waals surface area contributed by atoms with Crippen LogP contribution in [0.5, 0.6) is 5.75 Å². The zero-order chi connectivity index (χ0) is 15.9. The van der Waals surface area contributed by atoms with Crippen LogP contribution in [0, 0.1) is 20.8 Å². The average Bonchev–Trinajstić information content (AvgIpc) is 2.59. The molecule has 21 heavy (non-hydrogen) atoms. The van der Waals surface area contributed by atoms with Crippen LogP contribution in [0.4, 0.5) is 5.69 Å². The second-order valence-electron chi connectivity index (χ2n) is 4.87. The quantitative estimate of drug-likeness (QED) is 0.809. The van der Waals surface area contributed by atoms with E-state index in [1.807, 2.05) is 6.92 Å². The van der Waals surface area contributed by atoms with Crippen molar-refractivity contribution in [2.24, 2.45) is 7.05 Å². The number of aromatic nitrogens is 2. The first-order valence-corrected chi connectivity index (χ1v) is 8.43. The van der Waals surface area contributed by atoms with E-state index in [4.69, 9.17) is 0 Å². The van der Waals surface area contributed by atoms with E-state index in [-0.39, 0.29) is 16.3 Å². The number of nitrogens with zero attached hydrogens (tertiary/aromatic N) is 2. The Balaban J connectivity index is 2.52. The number of halogens is 1. The van der Waals surface area contributed by atoms with Gasteiger partial charge in [0.25, 0.3) is 10.0 Å².